The molecule has 0 radical (unpaired) electrons. The Balaban J connectivity index is 1.82. The normalized spacial score (nSPS) is 10.8. The average molecular weight is 359 g/mol. The molecule has 0 aliphatic carbocycles. The van der Waals surface area contributed by atoms with Crippen molar-refractivity contribution < 1.29 is 4.79 Å². The first-order valence-corrected chi connectivity index (χ1v) is 8.39. The average Bonchev–Trinajstić information content (AvgIpc) is 3.06. The van der Waals surface area contributed by atoms with Gasteiger partial charge < -0.3 is 10.6 Å². The minimum Gasteiger partial charge on any atom is -0.385 e. The Hall–Kier alpha value is -2.73. The summed E-state index contributed by atoms with van der Waals surface area (Å²) < 4.78 is 1.44. The summed E-state index contributed by atoms with van der Waals surface area (Å²) in [7, 11) is 0. The van der Waals surface area contributed by atoms with Crippen LogP contribution in [-0.2, 0) is 6.54 Å². The lowest BCUT2D eigenvalue weighted by Crippen LogP contribution is -2.28. The zero-order valence-electron chi connectivity index (χ0n) is 14.0. The van der Waals surface area contributed by atoms with Crippen LogP contribution in [0.3, 0.4) is 0 Å². The standard InChI is InChI=1S/C18H19ClN4O2/c1-3-20-16-9-13(19)8-15(11(16)2)17(24)21-10-12-4-5-14-6-7-22-23(14)18(12)25/h4-9,20,22H,3,10H2,1-2H3,(H,21,24). The fraction of sp³-hybridized carbons (Fsp3) is 0.222. The number of amides is 1. The van der Waals surface area contributed by atoms with E-state index in [0.717, 1.165) is 23.3 Å². The summed E-state index contributed by atoms with van der Waals surface area (Å²) in [5.74, 6) is -0.268. The van der Waals surface area contributed by atoms with Crippen molar-refractivity contribution in [3.05, 3.63) is 68.6 Å². The van der Waals surface area contributed by atoms with Crippen molar-refractivity contribution in [2.45, 2.75) is 20.4 Å². The van der Waals surface area contributed by atoms with E-state index in [0.29, 0.717) is 16.1 Å². The molecule has 25 heavy (non-hydrogen) atoms. The first-order valence-electron chi connectivity index (χ1n) is 8.01. The third-order valence-electron chi connectivity index (χ3n) is 4.07. The smallest absolute Gasteiger partial charge is 0.274 e. The predicted molar refractivity (Wildman–Crippen MR) is 99.5 cm³/mol. The van der Waals surface area contributed by atoms with Crippen molar-refractivity contribution in [1.29, 1.82) is 0 Å². The molecule has 0 fully saturated rings. The number of pyridine rings is 1. The van der Waals surface area contributed by atoms with Crippen LogP contribution in [0.5, 0.6) is 0 Å². The van der Waals surface area contributed by atoms with E-state index in [4.69, 9.17) is 11.6 Å². The zero-order valence-corrected chi connectivity index (χ0v) is 14.8. The molecule has 0 aliphatic heterocycles. The molecule has 0 atom stereocenters. The third-order valence-corrected chi connectivity index (χ3v) is 4.29. The van der Waals surface area contributed by atoms with E-state index in [9.17, 15) is 9.59 Å². The maximum Gasteiger partial charge on any atom is 0.274 e. The quantitative estimate of drug-likeness (QED) is 0.656. The Kier molecular flexibility index (Phi) is 4.81. The van der Waals surface area contributed by atoms with E-state index in [1.165, 1.54) is 4.52 Å². The van der Waals surface area contributed by atoms with Gasteiger partial charge in [0.1, 0.15) is 0 Å². The van der Waals surface area contributed by atoms with Gasteiger partial charge in [-0.25, -0.2) is 4.52 Å². The van der Waals surface area contributed by atoms with E-state index in [1.54, 1.807) is 30.5 Å². The van der Waals surface area contributed by atoms with Gasteiger partial charge in [-0.05, 0) is 49.7 Å². The largest absolute Gasteiger partial charge is 0.385 e. The molecule has 0 spiro atoms. The zero-order chi connectivity index (χ0) is 18.0. The molecule has 2 aromatic heterocycles. The molecule has 0 aliphatic rings. The Morgan fingerprint density at radius 3 is 2.84 bits per heavy atom. The van der Waals surface area contributed by atoms with Crippen LogP contribution < -0.4 is 16.2 Å². The number of carbonyl (C=O) groups is 1. The molecule has 6 nitrogen and oxygen atoms in total. The van der Waals surface area contributed by atoms with Gasteiger partial charge in [-0.15, -0.1) is 0 Å². The van der Waals surface area contributed by atoms with Crippen LogP contribution in [0.2, 0.25) is 5.02 Å². The highest BCUT2D eigenvalue weighted by molar-refractivity contribution is 6.31. The number of anilines is 1. The number of aromatic amines is 1. The summed E-state index contributed by atoms with van der Waals surface area (Å²) in [4.78, 5) is 24.9. The Morgan fingerprint density at radius 1 is 1.28 bits per heavy atom. The highest BCUT2D eigenvalue weighted by atomic mass is 35.5. The number of nitrogens with one attached hydrogen (secondary N) is 3. The van der Waals surface area contributed by atoms with Crippen molar-refractivity contribution in [3.8, 4) is 0 Å². The Bertz CT molecular complexity index is 990. The molecule has 3 rings (SSSR count). The van der Waals surface area contributed by atoms with Crippen molar-refractivity contribution in [3.63, 3.8) is 0 Å². The number of hydrogen-bond acceptors (Lipinski definition) is 3. The fourth-order valence-corrected chi connectivity index (χ4v) is 2.97. The fourth-order valence-electron chi connectivity index (χ4n) is 2.75. The van der Waals surface area contributed by atoms with Crippen molar-refractivity contribution >= 4 is 28.7 Å². The molecule has 7 heteroatoms. The maximum atomic E-state index is 12.6. The number of halogens is 1. The first kappa shape index (κ1) is 17.1. The van der Waals surface area contributed by atoms with Gasteiger partial charge in [-0.2, -0.15) is 0 Å². The second-order valence-electron chi connectivity index (χ2n) is 5.73. The lowest BCUT2D eigenvalue weighted by molar-refractivity contribution is 0.0950. The lowest BCUT2D eigenvalue weighted by Gasteiger charge is -2.13. The molecule has 2 heterocycles. The van der Waals surface area contributed by atoms with E-state index in [-0.39, 0.29) is 18.0 Å². The van der Waals surface area contributed by atoms with E-state index in [1.807, 2.05) is 19.9 Å². The van der Waals surface area contributed by atoms with E-state index in [2.05, 4.69) is 15.7 Å². The van der Waals surface area contributed by atoms with Gasteiger partial charge in [0.2, 0.25) is 0 Å². The Labute approximate surface area is 149 Å². The summed E-state index contributed by atoms with van der Waals surface area (Å²) in [6.07, 6.45) is 1.69. The van der Waals surface area contributed by atoms with Crippen LogP contribution in [-0.4, -0.2) is 22.1 Å². The second-order valence-corrected chi connectivity index (χ2v) is 6.16. The van der Waals surface area contributed by atoms with Crippen molar-refractivity contribution in [2.24, 2.45) is 0 Å². The third kappa shape index (κ3) is 3.39. The summed E-state index contributed by atoms with van der Waals surface area (Å²) in [6, 6.07) is 8.78. The second kappa shape index (κ2) is 7.03. The molecule has 0 unspecified atom stereocenters. The summed E-state index contributed by atoms with van der Waals surface area (Å²) in [5.41, 5.74) is 3.23. The molecule has 1 aromatic carbocycles. The molecule has 1 amide bonds. The van der Waals surface area contributed by atoms with Gasteiger partial charge in [0.05, 0.1) is 5.52 Å². The van der Waals surface area contributed by atoms with Gasteiger partial charge in [0.15, 0.2) is 0 Å². The highest BCUT2D eigenvalue weighted by Crippen LogP contribution is 2.24. The monoisotopic (exact) mass is 358 g/mol. The number of hydrogen-bond donors (Lipinski definition) is 3. The predicted octanol–water partition coefficient (Wildman–Crippen LogP) is 2.95. The molecule has 0 saturated heterocycles. The van der Waals surface area contributed by atoms with Crippen LogP contribution in [0.1, 0.15) is 28.4 Å². The number of fused-ring (bicyclic) bond motifs is 1. The van der Waals surface area contributed by atoms with Gasteiger partial charge in [0, 0.05) is 41.1 Å². The van der Waals surface area contributed by atoms with Crippen LogP contribution in [0.15, 0.2) is 41.3 Å². The van der Waals surface area contributed by atoms with Gasteiger partial charge in [-0.1, -0.05) is 11.6 Å². The first-order chi connectivity index (χ1) is 12.0. The number of rotatable bonds is 5. The molecule has 0 saturated carbocycles. The summed E-state index contributed by atoms with van der Waals surface area (Å²) >= 11 is 6.12. The van der Waals surface area contributed by atoms with E-state index < -0.39 is 0 Å². The molecule has 3 N–H and O–H groups in total. The summed E-state index contributed by atoms with van der Waals surface area (Å²) in [6.45, 7) is 4.71. The minimum absolute atomic E-state index is 0.141. The van der Waals surface area contributed by atoms with E-state index >= 15 is 0 Å². The molecule has 0 bridgehead atoms. The molecule has 3 aromatic rings. The van der Waals surface area contributed by atoms with Crippen molar-refractivity contribution in [1.82, 2.24) is 14.9 Å². The summed E-state index contributed by atoms with van der Waals surface area (Å²) in [5, 5.41) is 9.32. The topological polar surface area (TPSA) is 78.4 Å². The van der Waals surface area contributed by atoms with Gasteiger partial charge in [-0.3, -0.25) is 14.7 Å². The number of aromatic nitrogens is 2. The van der Waals surface area contributed by atoms with Crippen LogP contribution in [0.25, 0.3) is 5.52 Å². The highest BCUT2D eigenvalue weighted by Gasteiger charge is 2.14. The minimum atomic E-state index is -0.268. The Morgan fingerprint density at radius 2 is 2.08 bits per heavy atom. The molecule has 130 valence electrons. The van der Waals surface area contributed by atoms with Crippen molar-refractivity contribution in [2.75, 3.05) is 11.9 Å². The van der Waals surface area contributed by atoms with Crippen LogP contribution in [0.4, 0.5) is 5.69 Å². The van der Waals surface area contributed by atoms with Gasteiger partial charge >= 0.3 is 0 Å². The number of carbonyl (C=O) groups excluding carboxylic acids is 1. The lowest BCUT2D eigenvalue weighted by atomic mass is 10.1. The number of nitrogens with zero attached hydrogens (tertiary/aromatic N) is 1. The number of H-pyrrole nitrogens is 1. The van der Waals surface area contributed by atoms with Gasteiger partial charge in [0.25, 0.3) is 11.5 Å². The van der Waals surface area contributed by atoms with Crippen LogP contribution in [0, 0.1) is 6.92 Å². The molecular weight excluding hydrogens is 340 g/mol. The van der Waals surface area contributed by atoms with Crippen LogP contribution >= 0.6 is 11.6 Å². The maximum absolute atomic E-state index is 12.6. The number of benzene rings is 1. The SMILES string of the molecule is CCNc1cc(Cl)cc(C(=O)NCc2ccc3cc[nH]n3c2=O)c1C. The molecular formula is C18H19ClN4O2.